The number of likely N-dealkylation sites (tertiary alicyclic amines) is 1. The molecule has 2 aliphatic rings. The molecule has 3 amide bonds. The first-order chi connectivity index (χ1) is 20.9. The summed E-state index contributed by atoms with van der Waals surface area (Å²) in [6.07, 6.45) is -9.48. The molecule has 248 valence electrons. The molecule has 0 N–H and O–H groups in total. The van der Waals surface area contributed by atoms with Crippen LogP contribution in [0.1, 0.15) is 46.7 Å². The van der Waals surface area contributed by atoms with Gasteiger partial charge in [-0.25, -0.2) is 14.0 Å². The van der Waals surface area contributed by atoms with Crippen molar-refractivity contribution in [3.05, 3.63) is 70.0 Å². The SMILES string of the molecule is Cc1cc(F)ccc1[C@H]1C[C@@H](N2CCN(OC(=O)N(C)C)CC2)CCN1C(=O)N(C)Cc1cc(C(F)(F)F)cc(C(F)(F)F)c1. The fourth-order valence-corrected chi connectivity index (χ4v) is 5.84. The summed E-state index contributed by atoms with van der Waals surface area (Å²) in [5.41, 5.74) is -1.92. The predicted molar refractivity (Wildman–Crippen MR) is 150 cm³/mol. The maximum Gasteiger partial charge on any atom is 0.428 e. The van der Waals surface area contributed by atoms with Crippen LogP contribution in [0.15, 0.2) is 36.4 Å². The Morgan fingerprint density at radius 2 is 1.49 bits per heavy atom. The Balaban J connectivity index is 1.54. The molecular weight excluding hydrogens is 611 g/mol. The zero-order valence-electron chi connectivity index (χ0n) is 25.4. The number of carbonyl (C=O) groups is 2. The van der Waals surface area contributed by atoms with Crippen LogP contribution in [-0.4, -0.2) is 96.7 Å². The number of carbonyl (C=O) groups excluding carboxylic acids is 2. The fourth-order valence-electron chi connectivity index (χ4n) is 5.84. The van der Waals surface area contributed by atoms with Crippen molar-refractivity contribution in [1.82, 2.24) is 24.7 Å². The molecule has 0 aliphatic carbocycles. The Bertz CT molecular complexity index is 1340. The van der Waals surface area contributed by atoms with Gasteiger partial charge in [0.15, 0.2) is 0 Å². The van der Waals surface area contributed by atoms with Gasteiger partial charge in [-0.05, 0) is 66.8 Å². The summed E-state index contributed by atoms with van der Waals surface area (Å²) in [4.78, 5) is 37.3. The number of benzene rings is 2. The Kier molecular flexibility index (Phi) is 10.2. The Hall–Kier alpha value is -3.59. The van der Waals surface area contributed by atoms with Crippen LogP contribution in [0.25, 0.3) is 0 Å². The van der Waals surface area contributed by atoms with Crippen molar-refractivity contribution in [3.8, 4) is 0 Å². The van der Waals surface area contributed by atoms with Crippen molar-refractivity contribution in [2.75, 3.05) is 53.9 Å². The molecule has 0 spiro atoms. The van der Waals surface area contributed by atoms with Gasteiger partial charge in [-0.3, -0.25) is 4.90 Å². The molecule has 45 heavy (non-hydrogen) atoms. The minimum absolute atomic E-state index is 0.0123. The normalized spacial score (nSPS) is 20.2. The summed E-state index contributed by atoms with van der Waals surface area (Å²) < 4.78 is 94.5. The van der Waals surface area contributed by atoms with Gasteiger partial charge < -0.3 is 19.5 Å². The molecule has 8 nitrogen and oxygen atoms in total. The van der Waals surface area contributed by atoms with E-state index in [1.807, 2.05) is 0 Å². The third-order valence-corrected chi connectivity index (χ3v) is 8.17. The van der Waals surface area contributed by atoms with Gasteiger partial charge in [0.05, 0.1) is 17.2 Å². The number of nitrogens with zero attached hydrogens (tertiary/aromatic N) is 5. The molecule has 15 heteroatoms. The zero-order valence-corrected chi connectivity index (χ0v) is 25.4. The molecule has 2 aliphatic heterocycles. The van der Waals surface area contributed by atoms with Gasteiger partial charge in [-0.2, -0.15) is 26.3 Å². The topological polar surface area (TPSA) is 59.6 Å². The van der Waals surface area contributed by atoms with Crippen LogP contribution < -0.4 is 0 Å². The van der Waals surface area contributed by atoms with Crippen LogP contribution in [0.4, 0.5) is 40.3 Å². The number of piperazine rings is 1. The third-order valence-electron chi connectivity index (χ3n) is 8.17. The second-order valence-corrected chi connectivity index (χ2v) is 11.7. The van der Waals surface area contributed by atoms with Crippen molar-refractivity contribution in [3.63, 3.8) is 0 Å². The molecular formula is C30H36F7N5O3. The maximum atomic E-state index is 14.0. The Morgan fingerprint density at radius 3 is 2.02 bits per heavy atom. The number of hydrogen-bond acceptors (Lipinski definition) is 5. The van der Waals surface area contributed by atoms with Crippen LogP contribution in [-0.2, 0) is 23.7 Å². The number of urea groups is 1. The Morgan fingerprint density at radius 1 is 0.889 bits per heavy atom. The van der Waals surface area contributed by atoms with Crippen molar-refractivity contribution < 1.29 is 45.2 Å². The first-order valence-electron chi connectivity index (χ1n) is 14.4. The lowest BCUT2D eigenvalue weighted by molar-refractivity contribution is -0.143. The molecule has 2 fully saturated rings. The molecule has 0 aromatic heterocycles. The van der Waals surface area contributed by atoms with E-state index in [1.54, 1.807) is 37.0 Å². The lowest BCUT2D eigenvalue weighted by Gasteiger charge is -2.46. The van der Waals surface area contributed by atoms with E-state index in [2.05, 4.69) is 4.90 Å². The quantitative estimate of drug-likeness (QED) is 0.364. The molecule has 0 unspecified atom stereocenters. The van der Waals surface area contributed by atoms with Gasteiger partial charge in [0, 0.05) is 66.5 Å². The van der Waals surface area contributed by atoms with E-state index < -0.39 is 54.0 Å². The summed E-state index contributed by atoms with van der Waals surface area (Å²) in [6.45, 7) is 3.59. The summed E-state index contributed by atoms with van der Waals surface area (Å²) >= 11 is 0. The fraction of sp³-hybridized carbons (Fsp3) is 0.533. The number of hydrogen-bond donors (Lipinski definition) is 0. The first kappa shape index (κ1) is 34.3. The highest BCUT2D eigenvalue weighted by molar-refractivity contribution is 5.75. The van der Waals surface area contributed by atoms with E-state index in [9.17, 15) is 40.3 Å². The monoisotopic (exact) mass is 647 g/mol. The number of alkyl halides is 6. The van der Waals surface area contributed by atoms with Crippen molar-refractivity contribution in [2.24, 2.45) is 0 Å². The second-order valence-electron chi connectivity index (χ2n) is 11.7. The molecule has 0 bridgehead atoms. The number of hydroxylamine groups is 2. The number of amides is 3. The molecule has 4 rings (SSSR count). The van der Waals surface area contributed by atoms with Gasteiger partial charge in [0.2, 0.25) is 0 Å². The zero-order chi connectivity index (χ0) is 33.3. The minimum atomic E-state index is -5.01. The second kappa shape index (κ2) is 13.4. The van der Waals surface area contributed by atoms with Gasteiger partial charge in [0.25, 0.3) is 0 Å². The summed E-state index contributed by atoms with van der Waals surface area (Å²) in [5, 5.41) is 1.59. The van der Waals surface area contributed by atoms with E-state index in [1.165, 1.54) is 24.1 Å². The predicted octanol–water partition coefficient (Wildman–Crippen LogP) is 6.16. The third kappa shape index (κ3) is 8.37. The smallest absolute Gasteiger partial charge is 0.351 e. The standard InChI is InChI=1S/C30H36F7N5O3/c1-19-13-23(31)5-6-25(19)26-17-24(40-9-11-41(12-10-40)45-28(44)38(2)3)7-8-42(26)27(43)39(4)18-20-14-21(29(32,33)34)16-22(15-20)30(35,36)37/h5-6,13-16,24,26H,7-12,17-18H2,1-4H3/t24-,26+/m0/s1. The number of aryl methyl sites for hydroxylation is 1. The highest BCUT2D eigenvalue weighted by atomic mass is 19.4. The largest absolute Gasteiger partial charge is 0.428 e. The van der Waals surface area contributed by atoms with E-state index in [-0.39, 0.29) is 24.2 Å². The molecule has 0 radical (unpaired) electrons. The molecule has 2 saturated heterocycles. The number of halogens is 7. The Labute approximate surface area is 256 Å². The van der Waals surface area contributed by atoms with E-state index in [4.69, 9.17) is 4.84 Å². The average molecular weight is 648 g/mol. The first-order valence-corrected chi connectivity index (χ1v) is 14.4. The van der Waals surface area contributed by atoms with E-state index in [0.29, 0.717) is 62.3 Å². The number of rotatable bonds is 5. The highest BCUT2D eigenvalue weighted by Crippen LogP contribution is 2.38. The molecule has 2 aromatic carbocycles. The van der Waals surface area contributed by atoms with Gasteiger partial charge in [-0.15, -0.1) is 5.06 Å². The van der Waals surface area contributed by atoms with Crippen molar-refractivity contribution >= 4 is 12.1 Å². The molecule has 2 heterocycles. The van der Waals surface area contributed by atoms with E-state index >= 15 is 0 Å². The lowest BCUT2D eigenvalue weighted by Crippen LogP contribution is -2.55. The van der Waals surface area contributed by atoms with Crippen LogP contribution in [0.2, 0.25) is 0 Å². The van der Waals surface area contributed by atoms with Crippen molar-refractivity contribution in [2.45, 2.75) is 50.7 Å². The molecule has 0 saturated carbocycles. The maximum absolute atomic E-state index is 14.0. The highest BCUT2D eigenvalue weighted by Gasteiger charge is 2.39. The van der Waals surface area contributed by atoms with Gasteiger partial charge in [0.1, 0.15) is 5.82 Å². The van der Waals surface area contributed by atoms with Crippen molar-refractivity contribution in [1.29, 1.82) is 0 Å². The van der Waals surface area contributed by atoms with E-state index in [0.717, 1.165) is 4.90 Å². The summed E-state index contributed by atoms with van der Waals surface area (Å²) in [7, 11) is 4.49. The van der Waals surface area contributed by atoms with Gasteiger partial charge in [-0.1, -0.05) is 6.07 Å². The van der Waals surface area contributed by atoms with Crippen LogP contribution in [0.3, 0.4) is 0 Å². The molecule has 2 atom stereocenters. The molecule has 2 aromatic rings. The van der Waals surface area contributed by atoms with Crippen LogP contribution in [0.5, 0.6) is 0 Å². The van der Waals surface area contributed by atoms with Crippen LogP contribution in [0, 0.1) is 12.7 Å². The lowest BCUT2D eigenvalue weighted by atomic mass is 9.88. The summed E-state index contributed by atoms with van der Waals surface area (Å²) in [6, 6.07) is 4.42. The van der Waals surface area contributed by atoms with Gasteiger partial charge >= 0.3 is 24.5 Å². The average Bonchev–Trinajstić information content (AvgIpc) is 2.96. The summed E-state index contributed by atoms with van der Waals surface area (Å²) in [5.74, 6) is -0.452. The minimum Gasteiger partial charge on any atom is -0.351 e. The number of piperidine rings is 1. The van der Waals surface area contributed by atoms with Crippen LogP contribution >= 0.6 is 0 Å².